The molecule has 0 spiro atoms. The van der Waals surface area contributed by atoms with Gasteiger partial charge in [-0.2, -0.15) is 8.78 Å². The minimum absolute atomic E-state index is 0.252. The minimum atomic E-state index is -3.62. The Kier molecular flexibility index (Phi) is 5.20. The summed E-state index contributed by atoms with van der Waals surface area (Å²) in [6.45, 7) is 0.789. The van der Waals surface area contributed by atoms with Crippen molar-refractivity contribution in [1.29, 1.82) is 0 Å². The molecule has 1 heterocycles. The number of hydrogen-bond acceptors (Lipinski definition) is 3. The van der Waals surface area contributed by atoms with E-state index >= 15 is 0 Å². The van der Waals surface area contributed by atoms with Gasteiger partial charge in [0.05, 0.1) is 0 Å². The van der Waals surface area contributed by atoms with E-state index in [2.05, 4.69) is 5.92 Å². The molecule has 0 saturated carbocycles. The van der Waals surface area contributed by atoms with Crippen LogP contribution in [0.3, 0.4) is 0 Å². The van der Waals surface area contributed by atoms with E-state index in [0.29, 0.717) is 13.1 Å². The maximum Gasteiger partial charge on any atom is 0.414 e. The van der Waals surface area contributed by atoms with E-state index < -0.39 is 28.2 Å². The number of allylic oxidation sites excluding steroid dienone is 3. The predicted octanol–water partition coefficient (Wildman–Crippen LogP) is 3.46. The molecule has 1 aliphatic carbocycles. The highest BCUT2D eigenvalue weighted by atomic mass is 35.5. The Morgan fingerprint density at radius 3 is 2.73 bits per heavy atom. The lowest BCUT2D eigenvalue weighted by atomic mass is 10.1. The summed E-state index contributed by atoms with van der Waals surface area (Å²) in [5.74, 6) is -2.26. The van der Waals surface area contributed by atoms with Crippen LogP contribution >= 0.6 is 23.2 Å². The van der Waals surface area contributed by atoms with Gasteiger partial charge in [0.15, 0.2) is 5.38 Å². The van der Waals surface area contributed by atoms with Crippen molar-refractivity contribution in [3.8, 4) is 12.3 Å². The second-order valence-electron chi connectivity index (χ2n) is 4.77. The monoisotopic (exact) mass is 351 g/mol. The lowest BCUT2D eigenvalue weighted by molar-refractivity contribution is 0.0295. The van der Waals surface area contributed by atoms with Gasteiger partial charge in [0.1, 0.15) is 23.2 Å². The average molecular weight is 352 g/mol. The van der Waals surface area contributed by atoms with Crippen LogP contribution in [0.2, 0.25) is 0 Å². The van der Waals surface area contributed by atoms with Crippen LogP contribution in [-0.2, 0) is 9.47 Å². The third kappa shape index (κ3) is 3.31. The van der Waals surface area contributed by atoms with E-state index in [1.807, 2.05) is 0 Å². The molecule has 1 atom stereocenters. The molecule has 0 N–H and O–H groups in total. The van der Waals surface area contributed by atoms with Crippen LogP contribution in [0.5, 0.6) is 0 Å². The summed E-state index contributed by atoms with van der Waals surface area (Å²) in [5, 5.41) is -2.77. The number of halogens is 4. The number of nitrogens with zero attached hydrogens (tertiary/aromatic N) is 1. The maximum atomic E-state index is 14.0. The molecular weight excluding hydrogens is 339 g/mol. The fourth-order valence-corrected chi connectivity index (χ4v) is 2.58. The molecule has 2 aliphatic rings. The fourth-order valence-electron chi connectivity index (χ4n) is 2.09. The van der Waals surface area contributed by atoms with Crippen molar-refractivity contribution in [2.75, 3.05) is 19.7 Å². The van der Waals surface area contributed by atoms with Gasteiger partial charge in [0, 0.05) is 19.2 Å². The molecule has 0 aromatic rings. The first-order valence-electron chi connectivity index (χ1n) is 6.54. The zero-order valence-electron chi connectivity index (χ0n) is 11.5. The molecule has 0 aromatic heterocycles. The van der Waals surface area contributed by atoms with Gasteiger partial charge in [-0.25, -0.2) is 4.79 Å². The molecule has 2 rings (SSSR count). The van der Waals surface area contributed by atoms with Crippen molar-refractivity contribution in [3.63, 3.8) is 0 Å². The molecule has 22 heavy (non-hydrogen) atoms. The Bertz CT molecular complexity index is 563. The highest BCUT2D eigenvalue weighted by Crippen LogP contribution is 2.44. The van der Waals surface area contributed by atoms with Gasteiger partial charge in [0.25, 0.3) is 0 Å². The number of likely N-dealkylation sites (tertiary alicyclic amines) is 1. The van der Waals surface area contributed by atoms with Gasteiger partial charge >= 0.3 is 12.0 Å². The van der Waals surface area contributed by atoms with Crippen LogP contribution in [0.25, 0.3) is 0 Å². The average Bonchev–Trinajstić information content (AvgIpc) is 3.01. The summed E-state index contributed by atoms with van der Waals surface area (Å²) < 4.78 is 38.0. The smallest absolute Gasteiger partial charge is 0.414 e. The third-order valence-electron chi connectivity index (χ3n) is 3.23. The summed E-state index contributed by atoms with van der Waals surface area (Å²) >= 11 is 11.3. The number of amides is 1. The molecule has 1 fully saturated rings. The van der Waals surface area contributed by atoms with Crippen LogP contribution in [0.15, 0.2) is 22.6 Å². The molecule has 8 heteroatoms. The van der Waals surface area contributed by atoms with Crippen molar-refractivity contribution >= 4 is 29.3 Å². The van der Waals surface area contributed by atoms with Crippen molar-refractivity contribution in [2.24, 2.45) is 0 Å². The third-order valence-corrected chi connectivity index (χ3v) is 4.16. The van der Waals surface area contributed by atoms with Crippen molar-refractivity contribution < 1.29 is 23.0 Å². The fraction of sp³-hybridized carbons (Fsp3) is 0.500. The quantitative estimate of drug-likeness (QED) is 0.577. The Morgan fingerprint density at radius 1 is 1.50 bits per heavy atom. The van der Waals surface area contributed by atoms with Gasteiger partial charge in [-0.3, -0.25) is 0 Å². The Morgan fingerprint density at radius 2 is 2.14 bits per heavy atom. The molecular formula is C14H13Cl2F2NO3. The zero-order valence-corrected chi connectivity index (χ0v) is 13.0. The molecule has 1 saturated heterocycles. The van der Waals surface area contributed by atoms with Crippen LogP contribution in [-0.4, -0.2) is 42.0 Å². The maximum absolute atomic E-state index is 14.0. The molecule has 0 aromatic carbocycles. The predicted molar refractivity (Wildman–Crippen MR) is 77.6 cm³/mol. The highest BCUT2D eigenvalue weighted by Gasteiger charge is 2.50. The van der Waals surface area contributed by atoms with Gasteiger partial charge < -0.3 is 14.4 Å². The Hall–Kier alpha value is -1.45. The van der Waals surface area contributed by atoms with Crippen molar-refractivity contribution in [3.05, 3.63) is 22.6 Å². The van der Waals surface area contributed by atoms with E-state index in [9.17, 15) is 13.6 Å². The van der Waals surface area contributed by atoms with Gasteiger partial charge in [0.2, 0.25) is 0 Å². The van der Waals surface area contributed by atoms with Crippen molar-refractivity contribution in [2.45, 2.75) is 24.1 Å². The number of rotatable bonds is 3. The highest BCUT2D eigenvalue weighted by molar-refractivity contribution is 6.33. The Labute approximate surface area is 136 Å². The molecule has 4 nitrogen and oxygen atoms in total. The second-order valence-corrected chi connectivity index (χ2v) is 5.58. The first kappa shape index (κ1) is 16.9. The first-order valence-corrected chi connectivity index (χ1v) is 7.36. The standard InChI is InChI=1S/C14H13Cl2F2NO3/c1-2-7-21-9-8-10(12(16)14(17,18)11(9)15)22-13(20)19-5-3-4-6-19/h1,8,12H,3-7H2. The van der Waals surface area contributed by atoms with Gasteiger partial charge in [-0.1, -0.05) is 17.5 Å². The van der Waals surface area contributed by atoms with E-state index in [1.54, 1.807) is 0 Å². The molecule has 1 amide bonds. The van der Waals surface area contributed by atoms with Crippen LogP contribution < -0.4 is 0 Å². The SMILES string of the molecule is C#CCOC1=C(Cl)C(F)(F)C(Cl)C(OC(=O)N2CCCC2)=C1. The number of terminal acetylenes is 1. The molecule has 0 bridgehead atoms. The van der Waals surface area contributed by atoms with E-state index in [0.717, 1.165) is 18.9 Å². The summed E-state index contributed by atoms with van der Waals surface area (Å²) in [6, 6.07) is 0. The number of carbonyl (C=O) groups excluding carboxylic acids is 1. The number of hydrogen-bond donors (Lipinski definition) is 0. The van der Waals surface area contributed by atoms with Crippen LogP contribution in [0.1, 0.15) is 12.8 Å². The van der Waals surface area contributed by atoms with E-state index in [4.69, 9.17) is 39.1 Å². The summed E-state index contributed by atoms with van der Waals surface area (Å²) in [6.07, 6.45) is 7.05. The zero-order chi connectivity index (χ0) is 16.3. The van der Waals surface area contributed by atoms with Gasteiger partial charge in [-0.15, -0.1) is 18.0 Å². The topological polar surface area (TPSA) is 38.8 Å². The van der Waals surface area contributed by atoms with Gasteiger partial charge in [-0.05, 0) is 12.8 Å². The molecule has 1 aliphatic heterocycles. The van der Waals surface area contributed by atoms with E-state index in [1.165, 1.54) is 4.90 Å². The van der Waals surface area contributed by atoms with E-state index in [-0.39, 0.29) is 12.4 Å². The summed E-state index contributed by atoms with van der Waals surface area (Å²) in [5.41, 5.74) is 0. The largest absolute Gasteiger partial charge is 0.479 e. The summed E-state index contributed by atoms with van der Waals surface area (Å²) in [4.78, 5) is 13.3. The second kappa shape index (κ2) is 6.76. The molecule has 120 valence electrons. The van der Waals surface area contributed by atoms with Crippen LogP contribution in [0.4, 0.5) is 13.6 Å². The Balaban J connectivity index is 2.21. The number of alkyl halides is 3. The lowest BCUT2D eigenvalue weighted by Crippen LogP contribution is -2.38. The first-order chi connectivity index (χ1) is 10.4. The normalized spacial score (nSPS) is 23.9. The molecule has 1 unspecified atom stereocenters. The minimum Gasteiger partial charge on any atom is -0.479 e. The van der Waals surface area contributed by atoms with Crippen LogP contribution in [0, 0.1) is 12.3 Å². The number of ether oxygens (including phenoxy) is 2. The molecule has 0 radical (unpaired) electrons. The summed E-state index contributed by atoms with van der Waals surface area (Å²) in [7, 11) is 0. The van der Waals surface area contributed by atoms with Crippen molar-refractivity contribution in [1.82, 2.24) is 4.90 Å². The number of carbonyl (C=O) groups is 1. The lowest BCUT2D eigenvalue weighted by Gasteiger charge is -2.29.